The van der Waals surface area contributed by atoms with Crippen LogP contribution in [0.5, 0.6) is 0 Å². The van der Waals surface area contributed by atoms with Gasteiger partial charge in [-0.05, 0) is 25.2 Å². The van der Waals surface area contributed by atoms with Crippen LogP contribution in [0.1, 0.15) is 39.0 Å². The van der Waals surface area contributed by atoms with Crippen molar-refractivity contribution in [3.8, 4) is 0 Å². The first-order valence-electron chi connectivity index (χ1n) is 6.71. The van der Waals surface area contributed by atoms with Gasteiger partial charge in [0.15, 0.2) is 5.96 Å². The minimum Gasteiger partial charge on any atom is -0.469 e. The lowest BCUT2D eigenvalue weighted by atomic mass is 10.2. The van der Waals surface area contributed by atoms with Crippen LogP contribution in [0, 0.1) is 5.92 Å². The van der Waals surface area contributed by atoms with Crippen molar-refractivity contribution < 1.29 is 9.53 Å². The highest BCUT2D eigenvalue weighted by Gasteiger charge is 2.32. The van der Waals surface area contributed by atoms with Crippen LogP contribution in [0.4, 0.5) is 0 Å². The van der Waals surface area contributed by atoms with Gasteiger partial charge in [0.1, 0.15) is 0 Å². The van der Waals surface area contributed by atoms with Gasteiger partial charge in [0.25, 0.3) is 0 Å². The topological polar surface area (TPSA) is 62.7 Å². The summed E-state index contributed by atoms with van der Waals surface area (Å²) in [5.74, 6) is 1.53. The molecule has 0 radical (unpaired) electrons. The van der Waals surface area contributed by atoms with Gasteiger partial charge in [0.2, 0.25) is 0 Å². The van der Waals surface area contributed by atoms with Gasteiger partial charge in [-0.15, -0.1) is 24.0 Å². The second kappa shape index (κ2) is 10.3. The van der Waals surface area contributed by atoms with Crippen LogP contribution in [0.2, 0.25) is 0 Å². The number of halogens is 1. The number of nitrogens with one attached hydrogen (secondary N) is 2. The Morgan fingerprint density at radius 2 is 2.05 bits per heavy atom. The normalized spacial score (nSPS) is 21.3. The first-order chi connectivity index (χ1) is 8.67. The lowest BCUT2D eigenvalue weighted by Gasteiger charge is -2.11. The van der Waals surface area contributed by atoms with Crippen LogP contribution in [-0.2, 0) is 9.53 Å². The number of rotatable bonds is 7. The molecule has 1 fully saturated rings. The summed E-state index contributed by atoms with van der Waals surface area (Å²) in [5.41, 5.74) is 0. The Hall–Kier alpha value is -0.530. The second-order valence-electron chi connectivity index (χ2n) is 4.85. The molecule has 2 unspecified atom stereocenters. The number of hydrogen-bond donors (Lipinski definition) is 2. The molecular formula is C13H26IN3O2. The summed E-state index contributed by atoms with van der Waals surface area (Å²) in [6.07, 6.45) is 4.71. The minimum absolute atomic E-state index is 0. The van der Waals surface area contributed by atoms with E-state index in [0.29, 0.717) is 12.5 Å². The van der Waals surface area contributed by atoms with Crippen LogP contribution in [-0.4, -0.2) is 38.7 Å². The molecule has 112 valence electrons. The molecule has 1 saturated carbocycles. The maximum absolute atomic E-state index is 10.9. The number of methoxy groups -OCH3 is 1. The molecule has 0 bridgehead atoms. The molecule has 0 aromatic rings. The van der Waals surface area contributed by atoms with Crippen molar-refractivity contribution in [1.82, 2.24) is 10.6 Å². The third kappa shape index (κ3) is 8.28. The van der Waals surface area contributed by atoms with Crippen molar-refractivity contribution >= 4 is 35.9 Å². The van der Waals surface area contributed by atoms with E-state index >= 15 is 0 Å². The number of aliphatic imine (C=N–C) groups is 1. The molecule has 0 aliphatic heterocycles. The van der Waals surface area contributed by atoms with Crippen LogP contribution in [0.15, 0.2) is 4.99 Å². The molecule has 2 N–H and O–H groups in total. The van der Waals surface area contributed by atoms with Crippen molar-refractivity contribution in [2.75, 3.05) is 20.7 Å². The molecule has 6 heteroatoms. The molecule has 1 aliphatic rings. The van der Waals surface area contributed by atoms with Crippen molar-refractivity contribution in [3.63, 3.8) is 0 Å². The molecule has 5 nitrogen and oxygen atoms in total. The van der Waals surface area contributed by atoms with Crippen molar-refractivity contribution in [2.45, 2.75) is 45.1 Å². The molecule has 0 heterocycles. The summed E-state index contributed by atoms with van der Waals surface area (Å²) in [7, 11) is 3.22. The van der Waals surface area contributed by atoms with E-state index in [1.807, 2.05) is 0 Å². The van der Waals surface area contributed by atoms with Gasteiger partial charge in [-0.3, -0.25) is 9.79 Å². The Morgan fingerprint density at radius 3 is 2.58 bits per heavy atom. The maximum atomic E-state index is 10.9. The lowest BCUT2D eigenvalue weighted by Crippen LogP contribution is -2.39. The first-order valence-corrected chi connectivity index (χ1v) is 6.71. The second-order valence-corrected chi connectivity index (χ2v) is 4.85. The Morgan fingerprint density at radius 1 is 1.37 bits per heavy atom. The van der Waals surface area contributed by atoms with Gasteiger partial charge < -0.3 is 15.4 Å². The lowest BCUT2D eigenvalue weighted by molar-refractivity contribution is -0.140. The molecule has 19 heavy (non-hydrogen) atoms. The zero-order chi connectivity index (χ0) is 13.4. The molecule has 0 amide bonds. The summed E-state index contributed by atoms with van der Waals surface area (Å²) in [4.78, 5) is 15.1. The van der Waals surface area contributed by atoms with E-state index in [9.17, 15) is 4.79 Å². The number of ether oxygens (including phenoxy) is 1. The molecule has 1 rings (SSSR count). The molecule has 0 spiro atoms. The molecule has 0 saturated heterocycles. The molecule has 0 aromatic heterocycles. The van der Waals surface area contributed by atoms with Gasteiger partial charge in [0.05, 0.1) is 7.11 Å². The molecule has 1 aliphatic carbocycles. The summed E-state index contributed by atoms with van der Waals surface area (Å²) in [6, 6.07) is 0.593. The van der Waals surface area contributed by atoms with E-state index in [-0.39, 0.29) is 29.9 Å². The van der Waals surface area contributed by atoms with E-state index in [4.69, 9.17) is 0 Å². The fourth-order valence-electron chi connectivity index (χ4n) is 1.77. The summed E-state index contributed by atoms with van der Waals surface area (Å²) in [5, 5.41) is 6.66. The Kier molecular flexibility index (Phi) is 9.99. The number of carbonyl (C=O) groups excluding carboxylic acids is 1. The fraction of sp³-hybridized carbons (Fsp3) is 0.846. The highest BCUT2D eigenvalue weighted by Crippen LogP contribution is 2.28. The molecular weight excluding hydrogens is 357 g/mol. The van der Waals surface area contributed by atoms with Crippen LogP contribution in [0.25, 0.3) is 0 Å². The minimum atomic E-state index is -0.122. The largest absolute Gasteiger partial charge is 0.469 e. The number of hydrogen-bond acceptors (Lipinski definition) is 3. The number of esters is 1. The van der Waals surface area contributed by atoms with E-state index in [2.05, 4.69) is 27.3 Å². The van der Waals surface area contributed by atoms with Gasteiger partial charge in [-0.2, -0.15) is 0 Å². The van der Waals surface area contributed by atoms with Crippen LogP contribution in [0.3, 0.4) is 0 Å². The van der Waals surface area contributed by atoms with Gasteiger partial charge >= 0.3 is 5.97 Å². The van der Waals surface area contributed by atoms with E-state index in [1.165, 1.54) is 13.5 Å². The molecule has 2 atom stereocenters. The van der Waals surface area contributed by atoms with E-state index in [0.717, 1.165) is 37.7 Å². The first kappa shape index (κ1) is 18.5. The quantitative estimate of drug-likeness (QED) is 0.232. The number of carbonyl (C=O) groups is 1. The summed E-state index contributed by atoms with van der Waals surface area (Å²) in [6.45, 7) is 3.12. The highest BCUT2D eigenvalue weighted by molar-refractivity contribution is 14.0. The third-order valence-electron chi connectivity index (χ3n) is 3.23. The van der Waals surface area contributed by atoms with E-state index < -0.39 is 0 Å². The summed E-state index contributed by atoms with van der Waals surface area (Å²) < 4.78 is 4.59. The Labute approximate surface area is 133 Å². The van der Waals surface area contributed by atoms with Crippen LogP contribution >= 0.6 is 24.0 Å². The third-order valence-corrected chi connectivity index (χ3v) is 3.23. The Bertz CT molecular complexity index is 298. The van der Waals surface area contributed by atoms with Crippen molar-refractivity contribution in [2.24, 2.45) is 10.9 Å². The number of nitrogens with zero attached hydrogens (tertiary/aromatic N) is 1. The van der Waals surface area contributed by atoms with Crippen LogP contribution < -0.4 is 10.6 Å². The average molecular weight is 383 g/mol. The SMILES string of the molecule is CN=C(NCCCCCC(=O)OC)NC1CC1C.I. The molecule has 0 aromatic carbocycles. The zero-order valence-corrected chi connectivity index (χ0v) is 14.4. The maximum Gasteiger partial charge on any atom is 0.305 e. The smallest absolute Gasteiger partial charge is 0.305 e. The van der Waals surface area contributed by atoms with Gasteiger partial charge in [0, 0.05) is 26.1 Å². The number of guanidine groups is 1. The standard InChI is InChI=1S/C13H25N3O2.HI/c1-10-9-11(10)16-13(14-2)15-8-6-4-5-7-12(17)18-3;/h10-11H,4-9H2,1-3H3,(H2,14,15,16);1H. The predicted octanol–water partition coefficient (Wildman–Crippen LogP) is 1.91. The Balaban J connectivity index is 0.00000324. The number of unbranched alkanes of at least 4 members (excludes halogenated alkanes) is 2. The summed E-state index contributed by atoms with van der Waals surface area (Å²) >= 11 is 0. The van der Waals surface area contributed by atoms with Crippen molar-refractivity contribution in [1.29, 1.82) is 0 Å². The highest BCUT2D eigenvalue weighted by atomic mass is 127. The van der Waals surface area contributed by atoms with Gasteiger partial charge in [-0.25, -0.2) is 0 Å². The zero-order valence-electron chi connectivity index (χ0n) is 12.1. The van der Waals surface area contributed by atoms with E-state index in [1.54, 1.807) is 7.05 Å². The van der Waals surface area contributed by atoms with Crippen molar-refractivity contribution in [3.05, 3.63) is 0 Å². The average Bonchev–Trinajstić information content (AvgIpc) is 3.07. The fourth-order valence-corrected chi connectivity index (χ4v) is 1.77. The predicted molar refractivity (Wildman–Crippen MR) is 88.0 cm³/mol. The van der Waals surface area contributed by atoms with Gasteiger partial charge in [-0.1, -0.05) is 13.3 Å². The monoisotopic (exact) mass is 383 g/mol.